The van der Waals surface area contributed by atoms with E-state index in [9.17, 15) is 4.39 Å². The SMILES string of the molecule is Cc1ccc(NCc2cnoc2)cc1F. The number of rotatable bonds is 3. The van der Waals surface area contributed by atoms with Crippen molar-refractivity contribution in [3.63, 3.8) is 0 Å². The highest BCUT2D eigenvalue weighted by atomic mass is 19.1. The zero-order valence-electron chi connectivity index (χ0n) is 8.33. The van der Waals surface area contributed by atoms with Crippen LogP contribution in [0.3, 0.4) is 0 Å². The quantitative estimate of drug-likeness (QED) is 0.839. The van der Waals surface area contributed by atoms with Gasteiger partial charge < -0.3 is 9.84 Å². The van der Waals surface area contributed by atoms with Crippen LogP contribution in [0, 0.1) is 12.7 Å². The lowest BCUT2D eigenvalue weighted by Crippen LogP contribution is -1.98. The first-order valence-electron chi connectivity index (χ1n) is 4.64. The summed E-state index contributed by atoms with van der Waals surface area (Å²) in [6.07, 6.45) is 3.18. The summed E-state index contributed by atoms with van der Waals surface area (Å²) < 4.78 is 17.9. The van der Waals surface area contributed by atoms with Gasteiger partial charge in [-0.25, -0.2) is 4.39 Å². The van der Waals surface area contributed by atoms with Gasteiger partial charge in [0, 0.05) is 17.8 Å². The number of halogens is 1. The Bertz CT molecular complexity index is 440. The minimum atomic E-state index is -0.203. The normalized spacial score (nSPS) is 10.3. The third kappa shape index (κ3) is 2.34. The van der Waals surface area contributed by atoms with Gasteiger partial charge in [0.1, 0.15) is 12.1 Å². The molecule has 0 spiro atoms. The van der Waals surface area contributed by atoms with Crippen LogP contribution in [0.2, 0.25) is 0 Å². The first kappa shape index (κ1) is 9.71. The van der Waals surface area contributed by atoms with Gasteiger partial charge in [-0.3, -0.25) is 0 Å². The van der Waals surface area contributed by atoms with E-state index in [0.717, 1.165) is 11.3 Å². The molecule has 1 heterocycles. The van der Waals surface area contributed by atoms with Crippen LogP contribution in [-0.2, 0) is 6.54 Å². The van der Waals surface area contributed by atoms with Crippen molar-refractivity contribution in [1.82, 2.24) is 5.16 Å². The molecule has 1 aromatic heterocycles. The zero-order chi connectivity index (χ0) is 10.7. The molecule has 0 aliphatic carbocycles. The molecule has 0 atom stereocenters. The Kier molecular flexibility index (Phi) is 2.67. The largest absolute Gasteiger partial charge is 0.381 e. The number of nitrogens with zero attached hydrogens (tertiary/aromatic N) is 1. The van der Waals surface area contributed by atoms with Crippen LogP contribution in [0.5, 0.6) is 0 Å². The van der Waals surface area contributed by atoms with Gasteiger partial charge in [0.25, 0.3) is 0 Å². The van der Waals surface area contributed by atoms with E-state index in [4.69, 9.17) is 0 Å². The number of hydrogen-bond donors (Lipinski definition) is 1. The highest BCUT2D eigenvalue weighted by Crippen LogP contribution is 2.14. The maximum Gasteiger partial charge on any atom is 0.128 e. The molecule has 0 radical (unpaired) electrons. The number of benzene rings is 1. The van der Waals surface area contributed by atoms with Crippen molar-refractivity contribution < 1.29 is 8.91 Å². The van der Waals surface area contributed by atoms with E-state index >= 15 is 0 Å². The molecule has 3 nitrogen and oxygen atoms in total. The Morgan fingerprint density at radius 3 is 3.00 bits per heavy atom. The Balaban J connectivity index is 2.02. The first-order chi connectivity index (χ1) is 7.25. The summed E-state index contributed by atoms with van der Waals surface area (Å²) in [6.45, 7) is 2.31. The van der Waals surface area contributed by atoms with Gasteiger partial charge in [-0.2, -0.15) is 0 Å². The van der Waals surface area contributed by atoms with Gasteiger partial charge in [-0.1, -0.05) is 11.2 Å². The second kappa shape index (κ2) is 4.13. The molecule has 15 heavy (non-hydrogen) atoms. The van der Waals surface area contributed by atoms with E-state index in [1.807, 2.05) is 6.07 Å². The van der Waals surface area contributed by atoms with E-state index in [1.165, 1.54) is 6.07 Å². The summed E-state index contributed by atoms with van der Waals surface area (Å²) in [7, 11) is 0. The summed E-state index contributed by atoms with van der Waals surface area (Å²) in [6, 6.07) is 5.06. The van der Waals surface area contributed by atoms with E-state index in [1.54, 1.807) is 25.5 Å². The molecule has 78 valence electrons. The van der Waals surface area contributed by atoms with Crippen LogP contribution in [0.1, 0.15) is 11.1 Å². The minimum Gasteiger partial charge on any atom is -0.381 e. The number of hydrogen-bond acceptors (Lipinski definition) is 3. The molecule has 0 amide bonds. The van der Waals surface area contributed by atoms with Gasteiger partial charge in [0.15, 0.2) is 0 Å². The minimum absolute atomic E-state index is 0.203. The molecule has 1 N–H and O–H groups in total. The molecular weight excluding hydrogens is 195 g/mol. The molecule has 0 bridgehead atoms. The van der Waals surface area contributed by atoms with Crippen LogP contribution >= 0.6 is 0 Å². The van der Waals surface area contributed by atoms with Gasteiger partial charge >= 0.3 is 0 Å². The fourth-order valence-corrected chi connectivity index (χ4v) is 1.22. The number of anilines is 1. The molecule has 2 rings (SSSR count). The second-order valence-electron chi connectivity index (χ2n) is 3.35. The molecule has 1 aromatic carbocycles. The molecule has 4 heteroatoms. The van der Waals surface area contributed by atoms with Crippen LogP contribution in [0.4, 0.5) is 10.1 Å². The van der Waals surface area contributed by atoms with Crippen LogP contribution in [0.25, 0.3) is 0 Å². The zero-order valence-corrected chi connectivity index (χ0v) is 8.33. The van der Waals surface area contributed by atoms with Gasteiger partial charge in [0.2, 0.25) is 0 Å². The standard InChI is InChI=1S/C11H11FN2O/c1-8-2-3-10(4-11(8)12)13-5-9-6-14-15-7-9/h2-4,6-7,13H,5H2,1H3. The third-order valence-electron chi connectivity index (χ3n) is 2.15. The molecule has 0 unspecified atom stereocenters. The Morgan fingerprint density at radius 2 is 2.33 bits per heavy atom. The average Bonchev–Trinajstić information content (AvgIpc) is 2.73. The van der Waals surface area contributed by atoms with Crippen molar-refractivity contribution in [3.8, 4) is 0 Å². The van der Waals surface area contributed by atoms with Crippen LogP contribution in [-0.4, -0.2) is 5.16 Å². The predicted molar refractivity (Wildman–Crippen MR) is 55.0 cm³/mol. The molecule has 0 aliphatic heterocycles. The lowest BCUT2D eigenvalue weighted by atomic mass is 10.2. The Morgan fingerprint density at radius 1 is 1.47 bits per heavy atom. The third-order valence-corrected chi connectivity index (χ3v) is 2.15. The van der Waals surface area contributed by atoms with Gasteiger partial charge in [-0.15, -0.1) is 0 Å². The van der Waals surface area contributed by atoms with Gasteiger partial charge in [-0.05, 0) is 24.6 Å². The fourth-order valence-electron chi connectivity index (χ4n) is 1.22. The van der Waals surface area contributed by atoms with Crippen LogP contribution < -0.4 is 5.32 Å². The van der Waals surface area contributed by atoms with Crippen molar-refractivity contribution in [3.05, 3.63) is 47.6 Å². The van der Waals surface area contributed by atoms with E-state index in [0.29, 0.717) is 12.1 Å². The van der Waals surface area contributed by atoms with E-state index in [-0.39, 0.29) is 5.82 Å². The number of nitrogens with one attached hydrogen (secondary N) is 1. The highest BCUT2D eigenvalue weighted by molar-refractivity contribution is 5.45. The topological polar surface area (TPSA) is 38.1 Å². The summed E-state index contributed by atoms with van der Waals surface area (Å²) >= 11 is 0. The van der Waals surface area contributed by atoms with Crippen molar-refractivity contribution in [2.45, 2.75) is 13.5 Å². The summed E-state index contributed by atoms with van der Waals surface area (Å²) in [5.41, 5.74) is 2.32. The lowest BCUT2D eigenvalue weighted by Gasteiger charge is -2.05. The fraction of sp³-hybridized carbons (Fsp3) is 0.182. The van der Waals surface area contributed by atoms with Gasteiger partial charge in [0.05, 0.1) is 6.20 Å². The Hall–Kier alpha value is -1.84. The average molecular weight is 206 g/mol. The van der Waals surface area contributed by atoms with Crippen molar-refractivity contribution in [2.24, 2.45) is 0 Å². The molecule has 0 aliphatic rings. The van der Waals surface area contributed by atoms with E-state index < -0.39 is 0 Å². The summed E-state index contributed by atoms with van der Waals surface area (Å²) in [4.78, 5) is 0. The molecule has 2 aromatic rings. The number of aromatic nitrogens is 1. The monoisotopic (exact) mass is 206 g/mol. The lowest BCUT2D eigenvalue weighted by molar-refractivity contribution is 0.419. The molecule has 0 saturated carbocycles. The molecule has 0 fully saturated rings. The van der Waals surface area contributed by atoms with E-state index in [2.05, 4.69) is 15.0 Å². The summed E-state index contributed by atoms with van der Waals surface area (Å²) in [5.74, 6) is -0.203. The summed E-state index contributed by atoms with van der Waals surface area (Å²) in [5, 5.41) is 6.65. The Labute approximate surface area is 86.9 Å². The number of aryl methyl sites for hydroxylation is 1. The highest BCUT2D eigenvalue weighted by Gasteiger charge is 2.00. The predicted octanol–water partition coefficient (Wildman–Crippen LogP) is 2.73. The second-order valence-corrected chi connectivity index (χ2v) is 3.35. The smallest absolute Gasteiger partial charge is 0.128 e. The van der Waals surface area contributed by atoms with Crippen molar-refractivity contribution in [1.29, 1.82) is 0 Å². The maximum atomic E-state index is 13.2. The van der Waals surface area contributed by atoms with Crippen LogP contribution in [0.15, 0.2) is 35.2 Å². The molecular formula is C11H11FN2O. The van der Waals surface area contributed by atoms with Crippen molar-refractivity contribution >= 4 is 5.69 Å². The first-order valence-corrected chi connectivity index (χ1v) is 4.64. The van der Waals surface area contributed by atoms with Crippen molar-refractivity contribution in [2.75, 3.05) is 5.32 Å². The molecule has 0 saturated heterocycles. The maximum absolute atomic E-state index is 13.2.